The number of hydrogen-bond donors (Lipinski definition) is 0. The monoisotopic (exact) mass is 371 g/mol. The molecule has 2 rings (SSSR count). The second-order valence-electron chi connectivity index (χ2n) is 4.05. The van der Waals surface area contributed by atoms with Gasteiger partial charge < -0.3 is 4.74 Å². The first-order valence-electron chi connectivity index (χ1n) is 6.06. The number of rotatable bonds is 6. The second-order valence-corrected chi connectivity index (χ2v) is 6.96. The lowest BCUT2D eigenvalue weighted by Crippen LogP contribution is -2.02. The van der Waals surface area contributed by atoms with E-state index in [4.69, 9.17) is 0 Å². The van der Waals surface area contributed by atoms with E-state index in [0.717, 1.165) is 20.9 Å². The van der Waals surface area contributed by atoms with Gasteiger partial charge in [0.25, 0.3) is 0 Å². The first kappa shape index (κ1) is 15.5. The highest BCUT2D eigenvalue weighted by atomic mass is 79.9. The number of hydrogen-bond acceptors (Lipinski definition) is 5. The molecule has 1 aromatic heterocycles. The summed E-state index contributed by atoms with van der Waals surface area (Å²) in [6, 6.07) is 8.21. The van der Waals surface area contributed by atoms with Gasteiger partial charge in [-0.25, -0.2) is 4.98 Å². The van der Waals surface area contributed by atoms with E-state index < -0.39 is 0 Å². The number of ether oxygens (including phenoxy) is 1. The van der Waals surface area contributed by atoms with Crippen LogP contribution in [0.15, 0.2) is 39.0 Å². The van der Waals surface area contributed by atoms with Crippen molar-refractivity contribution in [2.75, 3.05) is 7.11 Å². The molecule has 3 nitrogen and oxygen atoms in total. The number of methoxy groups -OCH3 is 1. The molecule has 0 fully saturated rings. The molecule has 2 aromatic rings. The molecule has 20 heavy (non-hydrogen) atoms. The maximum atomic E-state index is 11.1. The van der Waals surface area contributed by atoms with E-state index in [2.05, 4.69) is 37.8 Å². The highest BCUT2D eigenvalue weighted by molar-refractivity contribution is 9.10. The molecule has 106 valence electrons. The van der Waals surface area contributed by atoms with Gasteiger partial charge >= 0.3 is 5.97 Å². The maximum Gasteiger partial charge on any atom is 0.305 e. The molecule has 0 saturated heterocycles. The summed E-state index contributed by atoms with van der Waals surface area (Å²) in [7, 11) is 1.41. The average molecular weight is 372 g/mol. The largest absolute Gasteiger partial charge is 0.469 e. The topological polar surface area (TPSA) is 39.2 Å². The van der Waals surface area contributed by atoms with Gasteiger partial charge in [-0.15, -0.1) is 23.1 Å². The van der Waals surface area contributed by atoms with Crippen LogP contribution in [0.1, 0.15) is 17.1 Å². The number of halogens is 1. The van der Waals surface area contributed by atoms with Gasteiger partial charge in [0.15, 0.2) is 0 Å². The molecule has 0 amide bonds. The fourth-order valence-corrected chi connectivity index (χ4v) is 3.92. The highest BCUT2D eigenvalue weighted by Gasteiger charge is 2.06. The lowest BCUT2D eigenvalue weighted by molar-refractivity contribution is -0.140. The van der Waals surface area contributed by atoms with Crippen LogP contribution in [0, 0.1) is 0 Å². The van der Waals surface area contributed by atoms with Crippen molar-refractivity contribution in [2.24, 2.45) is 0 Å². The molecule has 0 aliphatic rings. The number of benzene rings is 1. The van der Waals surface area contributed by atoms with E-state index in [9.17, 15) is 4.79 Å². The highest BCUT2D eigenvalue weighted by Crippen LogP contribution is 2.26. The van der Waals surface area contributed by atoms with Crippen LogP contribution >= 0.6 is 39.0 Å². The zero-order valence-corrected chi connectivity index (χ0v) is 14.2. The van der Waals surface area contributed by atoms with Crippen LogP contribution in [0.25, 0.3) is 0 Å². The summed E-state index contributed by atoms with van der Waals surface area (Å²) in [6.07, 6.45) is 1.03. The SMILES string of the molecule is COC(=O)CCc1csc(CSc2cccc(Br)c2)n1. The minimum absolute atomic E-state index is 0.192. The molecular formula is C14H14BrNO2S2. The quantitative estimate of drug-likeness (QED) is 0.560. The molecule has 0 radical (unpaired) electrons. The van der Waals surface area contributed by atoms with E-state index in [1.54, 1.807) is 23.1 Å². The summed E-state index contributed by atoms with van der Waals surface area (Å²) in [4.78, 5) is 16.8. The Balaban J connectivity index is 1.85. The fraction of sp³-hybridized carbons (Fsp3) is 0.286. The van der Waals surface area contributed by atoms with Crippen LogP contribution in [0.4, 0.5) is 0 Å². The lowest BCUT2D eigenvalue weighted by atomic mass is 10.2. The van der Waals surface area contributed by atoms with Crippen molar-refractivity contribution in [1.29, 1.82) is 0 Å². The van der Waals surface area contributed by atoms with E-state index in [1.165, 1.54) is 12.0 Å². The van der Waals surface area contributed by atoms with Crippen molar-refractivity contribution in [3.8, 4) is 0 Å². The Hall–Kier alpha value is -0.850. The summed E-state index contributed by atoms with van der Waals surface area (Å²) in [5.41, 5.74) is 0.963. The Bertz CT molecular complexity index is 586. The molecule has 1 aromatic carbocycles. The fourth-order valence-electron chi connectivity index (χ4n) is 1.56. The van der Waals surface area contributed by atoms with Gasteiger partial charge in [0, 0.05) is 21.2 Å². The molecule has 0 aliphatic carbocycles. The van der Waals surface area contributed by atoms with Gasteiger partial charge in [-0.1, -0.05) is 22.0 Å². The summed E-state index contributed by atoms with van der Waals surface area (Å²) in [6.45, 7) is 0. The number of thiazole rings is 1. The van der Waals surface area contributed by atoms with Gasteiger partial charge in [-0.2, -0.15) is 0 Å². The normalized spacial score (nSPS) is 10.5. The van der Waals surface area contributed by atoms with Gasteiger partial charge in [-0.3, -0.25) is 4.79 Å². The van der Waals surface area contributed by atoms with Crippen LogP contribution < -0.4 is 0 Å². The van der Waals surface area contributed by atoms with Crippen LogP contribution in [0.3, 0.4) is 0 Å². The molecule has 0 unspecified atom stereocenters. The van der Waals surface area contributed by atoms with Crippen LogP contribution in [0.5, 0.6) is 0 Å². The molecule has 0 spiro atoms. The number of carbonyl (C=O) groups excluding carboxylic acids is 1. The van der Waals surface area contributed by atoms with Gasteiger partial charge in [-0.05, 0) is 18.2 Å². The average Bonchev–Trinajstić information content (AvgIpc) is 2.90. The van der Waals surface area contributed by atoms with Crippen LogP contribution in [0.2, 0.25) is 0 Å². The van der Waals surface area contributed by atoms with Crippen molar-refractivity contribution in [3.63, 3.8) is 0 Å². The number of thioether (sulfide) groups is 1. The molecule has 0 N–H and O–H groups in total. The number of esters is 1. The molecule has 6 heteroatoms. The van der Waals surface area contributed by atoms with Crippen LogP contribution in [-0.2, 0) is 21.7 Å². The molecule has 0 saturated carbocycles. The molecular weight excluding hydrogens is 358 g/mol. The lowest BCUT2D eigenvalue weighted by Gasteiger charge is -1.99. The maximum absolute atomic E-state index is 11.1. The predicted octanol–water partition coefficient (Wildman–Crippen LogP) is 4.30. The van der Waals surface area contributed by atoms with E-state index >= 15 is 0 Å². The molecule has 0 aliphatic heterocycles. The van der Waals surface area contributed by atoms with Crippen molar-refractivity contribution in [1.82, 2.24) is 4.98 Å². The Labute approximate surface area is 134 Å². The number of aryl methyl sites for hydroxylation is 1. The predicted molar refractivity (Wildman–Crippen MR) is 86.2 cm³/mol. The number of carbonyl (C=O) groups is 1. The second kappa shape index (κ2) is 7.81. The Kier molecular flexibility index (Phi) is 6.06. The summed E-state index contributed by atoms with van der Waals surface area (Å²) >= 11 is 6.86. The molecule has 0 atom stereocenters. The van der Waals surface area contributed by atoms with E-state index in [1.807, 2.05) is 17.5 Å². The Morgan fingerprint density at radius 3 is 3.10 bits per heavy atom. The van der Waals surface area contributed by atoms with E-state index in [0.29, 0.717) is 12.8 Å². The number of aromatic nitrogens is 1. The minimum Gasteiger partial charge on any atom is -0.469 e. The van der Waals surface area contributed by atoms with Crippen LogP contribution in [-0.4, -0.2) is 18.1 Å². The van der Waals surface area contributed by atoms with Crippen molar-refractivity contribution in [2.45, 2.75) is 23.5 Å². The smallest absolute Gasteiger partial charge is 0.305 e. The third kappa shape index (κ3) is 4.92. The summed E-state index contributed by atoms with van der Waals surface area (Å²) < 4.78 is 5.71. The molecule has 0 bridgehead atoms. The Morgan fingerprint density at radius 2 is 2.35 bits per heavy atom. The van der Waals surface area contributed by atoms with E-state index in [-0.39, 0.29) is 5.97 Å². The van der Waals surface area contributed by atoms with Crippen molar-refractivity contribution >= 4 is 45.0 Å². The first-order chi connectivity index (χ1) is 9.67. The van der Waals surface area contributed by atoms with Crippen molar-refractivity contribution in [3.05, 3.63) is 44.8 Å². The third-order valence-corrected chi connectivity index (χ3v) is 5.15. The first-order valence-corrected chi connectivity index (χ1v) is 8.71. The minimum atomic E-state index is -0.192. The number of nitrogens with zero attached hydrogens (tertiary/aromatic N) is 1. The molecule has 1 heterocycles. The third-order valence-electron chi connectivity index (χ3n) is 2.57. The van der Waals surface area contributed by atoms with Gasteiger partial charge in [0.2, 0.25) is 0 Å². The standard InChI is InChI=1S/C14H14BrNO2S2/c1-18-14(17)6-5-11-8-20-13(16-11)9-19-12-4-2-3-10(15)7-12/h2-4,7-8H,5-6,9H2,1H3. The zero-order valence-electron chi connectivity index (χ0n) is 11.0. The van der Waals surface area contributed by atoms with Gasteiger partial charge in [0.1, 0.15) is 5.01 Å². The van der Waals surface area contributed by atoms with Crippen molar-refractivity contribution < 1.29 is 9.53 Å². The zero-order chi connectivity index (χ0) is 14.4. The Morgan fingerprint density at radius 1 is 1.50 bits per heavy atom. The summed E-state index contributed by atoms with van der Waals surface area (Å²) in [5.74, 6) is 0.655. The van der Waals surface area contributed by atoms with Gasteiger partial charge in [0.05, 0.1) is 25.0 Å². The summed E-state index contributed by atoms with van der Waals surface area (Å²) in [5, 5.41) is 3.09.